The van der Waals surface area contributed by atoms with E-state index >= 15 is 0 Å². The molecule has 1 unspecified atom stereocenters. The van der Waals surface area contributed by atoms with Gasteiger partial charge < -0.3 is 5.32 Å². The van der Waals surface area contributed by atoms with E-state index in [1.54, 1.807) is 11.7 Å². The number of anilines is 1. The number of halogens is 3. The van der Waals surface area contributed by atoms with E-state index < -0.39 is 11.7 Å². The van der Waals surface area contributed by atoms with Crippen molar-refractivity contribution in [1.29, 1.82) is 0 Å². The maximum Gasteiger partial charge on any atom is 0.416 e. The SMILES string of the molecule is Cc1nn(C)c2c1C(c1ccc(C(F)(F)F)cc1)SCC(=O)N2. The van der Waals surface area contributed by atoms with Crippen molar-refractivity contribution in [2.75, 3.05) is 11.1 Å². The summed E-state index contributed by atoms with van der Waals surface area (Å²) in [5.41, 5.74) is 1.62. The lowest BCUT2D eigenvalue weighted by Crippen LogP contribution is -2.15. The lowest BCUT2D eigenvalue weighted by Gasteiger charge is -2.16. The summed E-state index contributed by atoms with van der Waals surface area (Å²) in [6.45, 7) is 1.83. The third-order valence-corrected chi connectivity index (χ3v) is 4.98. The molecule has 0 fully saturated rings. The number of fused-ring (bicyclic) bond motifs is 1. The Morgan fingerprint density at radius 3 is 2.57 bits per heavy atom. The van der Waals surface area contributed by atoms with Gasteiger partial charge in [-0.3, -0.25) is 9.48 Å². The fourth-order valence-electron chi connectivity index (χ4n) is 2.66. The predicted octanol–water partition coefficient (Wildman–Crippen LogP) is 3.52. The second-order valence-electron chi connectivity index (χ2n) is 5.33. The third kappa shape index (κ3) is 2.95. The average molecular weight is 341 g/mol. The maximum atomic E-state index is 12.7. The molecule has 23 heavy (non-hydrogen) atoms. The summed E-state index contributed by atoms with van der Waals surface area (Å²) in [5, 5.41) is 6.88. The topological polar surface area (TPSA) is 46.9 Å². The van der Waals surface area contributed by atoms with Crippen molar-refractivity contribution in [3.8, 4) is 0 Å². The Morgan fingerprint density at radius 2 is 1.96 bits per heavy atom. The number of thioether (sulfide) groups is 1. The number of aryl methyl sites for hydroxylation is 2. The first-order valence-corrected chi connectivity index (χ1v) is 7.94. The van der Waals surface area contributed by atoms with E-state index in [0.717, 1.165) is 29.0 Å². The van der Waals surface area contributed by atoms with Crippen LogP contribution in [0.3, 0.4) is 0 Å². The lowest BCUT2D eigenvalue weighted by atomic mass is 10.0. The Morgan fingerprint density at radius 1 is 1.30 bits per heavy atom. The number of carbonyl (C=O) groups excluding carboxylic acids is 1. The molecule has 0 saturated carbocycles. The highest BCUT2D eigenvalue weighted by molar-refractivity contribution is 8.00. The Labute approximate surface area is 135 Å². The van der Waals surface area contributed by atoms with Crippen molar-refractivity contribution >= 4 is 23.5 Å². The summed E-state index contributed by atoms with van der Waals surface area (Å²) in [6.07, 6.45) is -4.36. The molecule has 3 rings (SSSR count). The molecular formula is C15H14F3N3OS. The van der Waals surface area contributed by atoms with Gasteiger partial charge in [-0.25, -0.2) is 0 Å². The number of hydrogen-bond donors (Lipinski definition) is 1. The van der Waals surface area contributed by atoms with Crippen LogP contribution in [0.4, 0.5) is 19.0 Å². The summed E-state index contributed by atoms with van der Waals surface area (Å²) in [6, 6.07) is 5.07. The number of amides is 1. The van der Waals surface area contributed by atoms with Crippen molar-refractivity contribution in [3.63, 3.8) is 0 Å². The first-order valence-electron chi connectivity index (χ1n) is 6.89. The standard InChI is InChI=1S/C15H14F3N3OS/c1-8-12-13(9-3-5-10(6-4-9)15(16,17)18)23-7-11(22)19-14(12)21(2)20-8/h3-6,13H,7H2,1-2H3,(H,19,22). The predicted molar refractivity (Wildman–Crippen MR) is 82.3 cm³/mol. The first-order chi connectivity index (χ1) is 10.8. The van der Waals surface area contributed by atoms with Crippen LogP contribution in [0.25, 0.3) is 0 Å². The molecular weight excluding hydrogens is 327 g/mol. The minimum atomic E-state index is -4.36. The number of nitrogens with one attached hydrogen (secondary N) is 1. The van der Waals surface area contributed by atoms with Gasteiger partial charge in [-0.15, -0.1) is 11.8 Å². The molecule has 1 aromatic carbocycles. The highest BCUT2D eigenvalue weighted by Crippen LogP contribution is 2.43. The molecule has 0 aliphatic carbocycles. The van der Waals surface area contributed by atoms with Gasteiger partial charge in [-0.1, -0.05) is 12.1 Å². The van der Waals surface area contributed by atoms with Gasteiger partial charge in [0.05, 0.1) is 22.3 Å². The van der Waals surface area contributed by atoms with Crippen LogP contribution in [-0.4, -0.2) is 21.4 Å². The zero-order valence-corrected chi connectivity index (χ0v) is 13.3. The summed E-state index contributed by atoms with van der Waals surface area (Å²) >= 11 is 1.38. The highest BCUT2D eigenvalue weighted by atomic mass is 32.2. The van der Waals surface area contributed by atoms with Gasteiger partial charge in [0.15, 0.2) is 0 Å². The maximum absolute atomic E-state index is 12.7. The van der Waals surface area contributed by atoms with Crippen molar-refractivity contribution in [2.45, 2.75) is 18.3 Å². The van der Waals surface area contributed by atoms with Crippen LogP contribution in [0.5, 0.6) is 0 Å². The Bertz CT molecular complexity index is 753. The number of hydrogen-bond acceptors (Lipinski definition) is 3. The van der Waals surface area contributed by atoms with Crippen LogP contribution in [-0.2, 0) is 18.0 Å². The zero-order chi connectivity index (χ0) is 16.8. The van der Waals surface area contributed by atoms with E-state index in [4.69, 9.17) is 0 Å². The van der Waals surface area contributed by atoms with Crippen LogP contribution in [0.2, 0.25) is 0 Å². The molecule has 0 spiro atoms. The van der Waals surface area contributed by atoms with Crippen LogP contribution in [0, 0.1) is 6.92 Å². The molecule has 0 bridgehead atoms. The molecule has 1 atom stereocenters. The van der Waals surface area contributed by atoms with Crippen molar-refractivity contribution in [3.05, 3.63) is 46.6 Å². The van der Waals surface area contributed by atoms with Crippen LogP contribution >= 0.6 is 11.8 Å². The van der Waals surface area contributed by atoms with Gasteiger partial charge in [0.25, 0.3) is 0 Å². The molecule has 0 saturated heterocycles. The van der Waals surface area contributed by atoms with Gasteiger partial charge in [-0.05, 0) is 24.6 Å². The fourth-order valence-corrected chi connectivity index (χ4v) is 3.85. The quantitative estimate of drug-likeness (QED) is 0.863. The van der Waals surface area contributed by atoms with Gasteiger partial charge in [0.1, 0.15) is 5.82 Å². The largest absolute Gasteiger partial charge is 0.416 e. The fraction of sp³-hybridized carbons (Fsp3) is 0.333. The van der Waals surface area contributed by atoms with E-state index in [1.165, 1.54) is 23.9 Å². The molecule has 122 valence electrons. The zero-order valence-electron chi connectivity index (χ0n) is 12.4. The van der Waals surface area contributed by atoms with Crippen LogP contribution < -0.4 is 5.32 Å². The Hall–Kier alpha value is -1.96. The first kappa shape index (κ1) is 15.9. The van der Waals surface area contributed by atoms with Gasteiger partial charge >= 0.3 is 6.18 Å². The average Bonchev–Trinajstić information content (AvgIpc) is 2.66. The number of nitrogens with zero attached hydrogens (tertiary/aromatic N) is 2. The monoisotopic (exact) mass is 341 g/mol. The van der Waals surface area contributed by atoms with Crippen molar-refractivity contribution in [1.82, 2.24) is 9.78 Å². The van der Waals surface area contributed by atoms with Gasteiger partial charge in [0.2, 0.25) is 5.91 Å². The summed E-state index contributed by atoms with van der Waals surface area (Å²) in [4.78, 5) is 11.8. The number of aromatic nitrogens is 2. The molecule has 1 aromatic heterocycles. The third-order valence-electron chi connectivity index (χ3n) is 3.71. The van der Waals surface area contributed by atoms with E-state index in [-0.39, 0.29) is 16.9 Å². The van der Waals surface area contributed by atoms with Gasteiger partial charge in [-0.2, -0.15) is 18.3 Å². The normalized spacial score (nSPS) is 18.3. The molecule has 2 heterocycles. The minimum Gasteiger partial charge on any atom is -0.310 e. The van der Waals surface area contributed by atoms with Crippen LogP contribution in [0.15, 0.2) is 24.3 Å². The molecule has 1 amide bonds. The second-order valence-corrected chi connectivity index (χ2v) is 6.42. The summed E-state index contributed by atoms with van der Waals surface area (Å²) in [5.74, 6) is 0.691. The van der Waals surface area contributed by atoms with E-state index in [9.17, 15) is 18.0 Å². The molecule has 1 aliphatic rings. The lowest BCUT2D eigenvalue weighted by molar-refractivity contribution is -0.137. The Balaban J connectivity index is 2.05. The smallest absolute Gasteiger partial charge is 0.310 e. The highest BCUT2D eigenvalue weighted by Gasteiger charge is 2.32. The van der Waals surface area contributed by atoms with Crippen LogP contribution in [0.1, 0.15) is 27.6 Å². The van der Waals surface area contributed by atoms with E-state index in [2.05, 4.69) is 10.4 Å². The van der Waals surface area contributed by atoms with E-state index in [0.29, 0.717) is 5.82 Å². The van der Waals surface area contributed by atoms with Gasteiger partial charge in [0, 0.05) is 12.6 Å². The minimum absolute atomic E-state index is 0.145. The number of carbonyl (C=O) groups is 1. The van der Waals surface area contributed by atoms with Crippen molar-refractivity contribution in [2.24, 2.45) is 7.05 Å². The molecule has 4 nitrogen and oxygen atoms in total. The molecule has 1 N–H and O–H groups in total. The summed E-state index contributed by atoms with van der Waals surface area (Å²) in [7, 11) is 1.73. The number of rotatable bonds is 1. The molecule has 0 radical (unpaired) electrons. The second kappa shape index (κ2) is 5.59. The number of alkyl halides is 3. The molecule has 2 aromatic rings. The van der Waals surface area contributed by atoms with Crippen molar-refractivity contribution < 1.29 is 18.0 Å². The molecule has 1 aliphatic heterocycles. The number of benzene rings is 1. The Kier molecular flexibility index (Phi) is 3.87. The molecule has 8 heteroatoms. The summed E-state index contributed by atoms with van der Waals surface area (Å²) < 4.78 is 39.7. The van der Waals surface area contributed by atoms with E-state index in [1.807, 2.05) is 6.92 Å².